The smallest absolute Gasteiger partial charge is 0.274 e. The Hall–Kier alpha value is -1.86. The molecule has 7 heteroatoms. The van der Waals surface area contributed by atoms with Crippen LogP contribution in [0.15, 0.2) is 16.8 Å². The number of imidazole rings is 1. The summed E-state index contributed by atoms with van der Waals surface area (Å²) in [4.78, 5) is 22.2. The molecule has 0 bridgehead atoms. The Bertz CT molecular complexity index is 731. The predicted molar refractivity (Wildman–Crippen MR) is 100 cm³/mol. The lowest BCUT2D eigenvalue weighted by atomic mass is 10.1. The Morgan fingerprint density at radius 2 is 2.08 bits per heavy atom. The first-order chi connectivity index (χ1) is 12.3. The van der Waals surface area contributed by atoms with Crippen LogP contribution in [0.3, 0.4) is 0 Å². The Labute approximate surface area is 152 Å². The molecule has 2 aliphatic heterocycles. The number of nitrogens with zero attached hydrogens (tertiary/aromatic N) is 4. The van der Waals surface area contributed by atoms with E-state index in [4.69, 9.17) is 0 Å². The molecule has 4 heterocycles. The standard InChI is InChI=1S/C18H25N5OS/c1-19-17-16(23-6-3-2-4-15(23)20-17)18(24)22-9-7-21(8-10-22)12-14-5-11-25-13-14/h5,11,13,19H,2-4,6-10,12H2,1H3. The van der Waals surface area contributed by atoms with Crippen LogP contribution < -0.4 is 5.32 Å². The summed E-state index contributed by atoms with van der Waals surface area (Å²) in [6.07, 6.45) is 3.26. The van der Waals surface area contributed by atoms with Gasteiger partial charge in [-0.1, -0.05) is 0 Å². The molecule has 4 rings (SSSR count). The van der Waals surface area contributed by atoms with E-state index in [0.717, 1.165) is 75.9 Å². The van der Waals surface area contributed by atoms with Gasteiger partial charge >= 0.3 is 0 Å². The summed E-state index contributed by atoms with van der Waals surface area (Å²) in [7, 11) is 1.85. The summed E-state index contributed by atoms with van der Waals surface area (Å²) in [5, 5.41) is 7.45. The molecular formula is C18H25N5OS. The van der Waals surface area contributed by atoms with Gasteiger partial charge in [-0.15, -0.1) is 0 Å². The van der Waals surface area contributed by atoms with E-state index in [2.05, 4.69) is 36.6 Å². The highest BCUT2D eigenvalue weighted by atomic mass is 32.1. The average molecular weight is 359 g/mol. The minimum atomic E-state index is 0.125. The van der Waals surface area contributed by atoms with Crippen LogP contribution in [0.1, 0.15) is 34.7 Å². The minimum absolute atomic E-state index is 0.125. The number of aryl methyl sites for hydroxylation is 1. The molecule has 0 aromatic carbocycles. The van der Waals surface area contributed by atoms with Gasteiger partial charge in [0.1, 0.15) is 5.82 Å². The number of anilines is 1. The number of hydrogen-bond donors (Lipinski definition) is 1. The van der Waals surface area contributed by atoms with Crippen molar-refractivity contribution >= 4 is 23.1 Å². The first-order valence-corrected chi connectivity index (χ1v) is 10.0. The fourth-order valence-electron chi connectivity index (χ4n) is 3.77. The van der Waals surface area contributed by atoms with E-state index in [-0.39, 0.29) is 5.91 Å². The molecule has 2 aromatic rings. The topological polar surface area (TPSA) is 53.4 Å². The van der Waals surface area contributed by atoms with E-state index in [1.165, 1.54) is 5.56 Å². The number of hydrogen-bond acceptors (Lipinski definition) is 5. The van der Waals surface area contributed by atoms with Crippen molar-refractivity contribution in [1.29, 1.82) is 0 Å². The second-order valence-corrected chi connectivity index (χ2v) is 7.56. The lowest BCUT2D eigenvalue weighted by Gasteiger charge is -2.35. The third-order valence-electron chi connectivity index (χ3n) is 5.16. The maximum atomic E-state index is 13.1. The summed E-state index contributed by atoms with van der Waals surface area (Å²) in [5.41, 5.74) is 2.12. The van der Waals surface area contributed by atoms with Gasteiger partial charge in [0.25, 0.3) is 5.91 Å². The number of rotatable bonds is 4. The molecule has 1 amide bonds. The summed E-state index contributed by atoms with van der Waals surface area (Å²) < 4.78 is 2.13. The molecule has 1 N–H and O–H groups in total. The van der Waals surface area contributed by atoms with Crippen LogP contribution in [0, 0.1) is 0 Å². The van der Waals surface area contributed by atoms with Gasteiger partial charge in [0.05, 0.1) is 0 Å². The molecular weight excluding hydrogens is 334 g/mol. The molecule has 0 atom stereocenters. The van der Waals surface area contributed by atoms with Gasteiger partial charge in [0, 0.05) is 52.7 Å². The van der Waals surface area contributed by atoms with Crippen LogP contribution in [0.2, 0.25) is 0 Å². The molecule has 0 saturated carbocycles. The molecule has 2 aromatic heterocycles. The zero-order chi connectivity index (χ0) is 17.2. The number of nitrogens with one attached hydrogen (secondary N) is 1. The highest BCUT2D eigenvalue weighted by Gasteiger charge is 2.29. The Kier molecular flexibility index (Phi) is 4.76. The van der Waals surface area contributed by atoms with Crippen molar-refractivity contribution in [1.82, 2.24) is 19.4 Å². The molecule has 0 unspecified atom stereocenters. The predicted octanol–water partition coefficient (Wildman–Crippen LogP) is 2.28. The maximum Gasteiger partial charge on any atom is 0.274 e. The second-order valence-electron chi connectivity index (χ2n) is 6.78. The van der Waals surface area contributed by atoms with E-state index in [0.29, 0.717) is 0 Å². The quantitative estimate of drug-likeness (QED) is 0.910. The van der Waals surface area contributed by atoms with Gasteiger partial charge in [-0.05, 0) is 35.2 Å². The Balaban J connectivity index is 1.45. The van der Waals surface area contributed by atoms with Crippen molar-refractivity contribution in [2.75, 3.05) is 38.5 Å². The third-order valence-corrected chi connectivity index (χ3v) is 5.90. The van der Waals surface area contributed by atoms with Crippen LogP contribution in [0.25, 0.3) is 0 Å². The van der Waals surface area contributed by atoms with E-state index in [1.54, 1.807) is 11.3 Å². The second kappa shape index (κ2) is 7.17. The zero-order valence-electron chi connectivity index (χ0n) is 14.7. The van der Waals surface area contributed by atoms with Crippen molar-refractivity contribution in [2.24, 2.45) is 0 Å². The highest BCUT2D eigenvalue weighted by Crippen LogP contribution is 2.25. The molecule has 0 aliphatic carbocycles. The lowest BCUT2D eigenvalue weighted by Crippen LogP contribution is -2.48. The van der Waals surface area contributed by atoms with E-state index < -0.39 is 0 Å². The minimum Gasteiger partial charge on any atom is -0.371 e. The Morgan fingerprint density at radius 1 is 1.24 bits per heavy atom. The molecule has 1 fully saturated rings. The summed E-state index contributed by atoms with van der Waals surface area (Å²) in [6.45, 7) is 5.31. The fourth-order valence-corrected chi connectivity index (χ4v) is 4.43. The fraction of sp³-hybridized carbons (Fsp3) is 0.556. The molecule has 2 aliphatic rings. The number of carbonyl (C=O) groups excluding carboxylic acids is 1. The molecule has 1 saturated heterocycles. The van der Waals surface area contributed by atoms with Crippen LogP contribution in [-0.2, 0) is 19.5 Å². The highest BCUT2D eigenvalue weighted by molar-refractivity contribution is 7.07. The van der Waals surface area contributed by atoms with Gasteiger partial charge < -0.3 is 14.8 Å². The van der Waals surface area contributed by atoms with Crippen LogP contribution >= 0.6 is 11.3 Å². The number of fused-ring (bicyclic) bond motifs is 1. The summed E-state index contributed by atoms with van der Waals surface area (Å²) in [5.74, 6) is 1.91. The SMILES string of the molecule is CNc1nc2n(c1C(=O)N1CCN(Cc3ccsc3)CC1)CCCC2. The van der Waals surface area contributed by atoms with Crippen molar-refractivity contribution < 1.29 is 4.79 Å². The largest absolute Gasteiger partial charge is 0.371 e. The molecule has 0 spiro atoms. The number of piperazine rings is 1. The normalized spacial score (nSPS) is 18.2. The van der Waals surface area contributed by atoms with Crippen LogP contribution in [0.5, 0.6) is 0 Å². The van der Waals surface area contributed by atoms with Gasteiger partial charge in [0.2, 0.25) is 0 Å². The van der Waals surface area contributed by atoms with Gasteiger partial charge in [-0.3, -0.25) is 9.69 Å². The molecule has 134 valence electrons. The van der Waals surface area contributed by atoms with Crippen molar-refractivity contribution in [3.63, 3.8) is 0 Å². The maximum absolute atomic E-state index is 13.1. The summed E-state index contributed by atoms with van der Waals surface area (Å²) in [6, 6.07) is 2.18. The molecule has 25 heavy (non-hydrogen) atoms. The summed E-state index contributed by atoms with van der Waals surface area (Å²) >= 11 is 1.74. The molecule has 6 nitrogen and oxygen atoms in total. The van der Waals surface area contributed by atoms with E-state index >= 15 is 0 Å². The first-order valence-electron chi connectivity index (χ1n) is 9.06. The van der Waals surface area contributed by atoms with Crippen LogP contribution in [0.4, 0.5) is 5.82 Å². The number of aromatic nitrogens is 2. The zero-order valence-corrected chi connectivity index (χ0v) is 15.5. The first kappa shape index (κ1) is 16.6. The van der Waals surface area contributed by atoms with E-state index in [9.17, 15) is 4.79 Å². The van der Waals surface area contributed by atoms with Gasteiger partial charge in [-0.25, -0.2) is 4.98 Å². The van der Waals surface area contributed by atoms with Crippen molar-refractivity contribution in [3.8, 4) is 0 Å². The number of thiophene rings is 1. The van der Waals surface area contributed by atoms with Gasteiger partial charge in [0.15, 0.2) is 11.5 Å². The third kappa shape index (κ3) is 3.30. The Morgan fingerprint density at radius 3 is 2.80 bits per heavy atom. The molecule has 0 radical (unpaired) electrons. The number of carbonyl (C=O) groups is 1. The monoisotopic (exact) mass is 359 g/mol. The van der Waals surface area contributed by atoms with Gasteiger partial charge in [-0.2, -0.15) is 11.3 Å². The number of amides is 1. The van der Waals surface area contributed by atoms with Crippen LogP contribution in [-0.4, -0.2) is 58.5 Å². The van der Waals surface area contributed by atoms with E-state index in [1.807, 2.05) is 11.9 Å². The van der Waals surface area contributed by atoms with Crippen molar-refractivity contribution in [2.45, 2.75) is 32.4 Å². The van der Waals surface area contributed by atoms with Crippen molar-refractivity contribution in [3.05, 3.63) is 33.9 Å². The lowest BCUT2D eigenvalue weighted by molar-refractivity contribution is 0.0618. The average Bonchev–Trinajstić information content (AvgIpc) is 3.28.